The normalized spacial score (nSPS) is 22.0. The van der Waals surface area contributed by atoms with Crippen LogP contribution in [0.1, 0.15) is 29.9 Å². The summed E-state index contributed by atoms with van der Waals surface area (Å²) in [5.41, 5.74) is -3.77. The lowest BCUT2D eigenvalue weighted by Crippen LogP contribution is -2.62. The van der Waals surface area contributed by atoms with Crippen LogP contribution >= 0.6 is 0 Å². The number of nitrogens with one attached hydrogen (secondary N) is 1. The van der Waals surface area contributed by atoms with E-state index < -0.39 is 35.2 Å². The Morgan fingerprint density at radius 1 is 1.09 bits per heavy atom. The molecule has 1 N–H and O–H groups in total. The second-order valence-electron chi connectivity index (χ2n) is 8.48. The molecule has 0 bridgehead atoms. The number of hydrogen-bond donors (Lipinski definition) is 1. The first-order valence-electron chi connectivity index (χ1n) is 10.8. The van der Waals surface area contributed by atoms with Crippen LogP contribution in [-0.2, 0) is 19.9 Å². The number of carbonyl (C=O) groups is 2. The van der Waals surface area contributed by atoms with Crippen LogP contribution in [0.2, 0.25) is 0 Å². The third-order valence-electron chi connectivity index (χ3n) is 6.74. The first-order valence-corrected chi connectivity index (χ1v) is 10.8. The molecule has 2 aromatic carbocycles. The molecule has 2 amide bonds. The second-order valence-corrected chi connectivity index (χ2v) is 8.48. The van der Waals surface area contributed by atoms with Gasteiger partial charge in [-0.05, 0) is 17.7 Å². The van der Waals surface area contributed by atoms with Gasteiger partial charge in [0.1, 0.15) is 11.4 Å². The summed E-state index contributed by atoms with van der Waals surface area (Å²) >= 11 is 0. The number of alkyl carbamates (subject to hydrolysis) is 1. The molecule has 0 aromatic heterocycles. The fourth-order valence-corrected chi connectivity index (χ4v) is 4.94. The van der Waals surface area contributed by atoms with Gasteiger partial charge in [-0.15, -0.1) is 0 Å². The van der Waals surface area contributed by atoms with E-state index in [0.29, 0.717) is 0 Å². The minimum atomic E-state index is -5.01. The number of amides is 2. The van der Waals surface area contributed by atoms with Crippen LogP contribution in [0.15, 0.2) is 54.6 Å². The third kappa shape index (κ3) is 4.00. The molecule has 0 unspecified atom stereocenters. The highest BCUT2D eigenvalue weighted by Crippen LogP contribution is 2.46. The van der Waals surface area contributed by atoms with E-state index in [9.17, 15) is 27.2 Å². The molecule has 10 heteroatoms. The van der Waals surface area contributed by atoms with Crippen LogP contribution in [0, 0.1) is 5.82 Å². The summed E-state index contributed by atoms with van der Waals surface area (Å²) in [7, 11) is 0.864. The summed E-state index contributed by atoms with van der Waals surface area (Å²) in [6, 6.07) is 12.6. The number of ether oxygens (including phenoxy) is 2. The molecule has 0 aliphatic carbocycles. The minimum Gasteiger partial charge on any atom is -0.442 e. The van der Waals surface area contributed by atoms with Crippen molar-refractivity contribution in [1.82, 2.24) is 10.2 Å². The molecule has 6 nitrogen and oxygen atoms in total. The van der Waals surface area contributed by atoms with E-state index in [1.165, 1.54) is 36.4 Å². The number of rotatable bonds is 4. The van der Waals surface area contributed by atoms with Crippen LogP contribution < -0.4 is 5.32 Å². The lowest BCUT2D eigenvalue weighted by atomic mass is 9.74. The van der Waals surface area contributed by atoms with Crippen molar-refractivity contribution in [1.29, 1.82) is 0 Å². The first-order chi connectivity index (χ1) is 16.1. The highest BCUT2D eigenvalue weighted by atomic mass is 19.4. The van der Waals surface area contributed by atoms with Crippen molar-refractivity contribution in [3.63, 3.8) is 0 Å². The van der Waals surface area contributed by atoms with Gasteiger partial charge in [-0.1, -0.05) is 42.5 Å². The Labute approximate surface area is 193 Å². The molecular weight excluding hydrogens is 456 g/mol. The highest BCUT2D eigenvalue weighted by molar-refractivity contribution is 5.88. The maximum absolute atomic E-state index is 14.3. The predicted octanol–water partition coefficient (Wildman–Crippen LogP) is 4.11. The van der Waals surface area contributed by atoms with E-state index in [2.05, 4.69) is 5.32 Å². The number of halogens is 4. The number of benzene rings is 2. The summed E-state index contributed by atoms with van der Waals surface area (Å²) < 4.78 is 66.9. The molecule has 0 saturated carbocycles. The molecule has 1 spiro atoms. The number of alkyl halides is 3. The van der Waals surface area contributed by atoms with Crippen LogP contribution in [0.3, 0.4) is 0 Å². The number of piperidine rings is 1. The number of methoxy groups -OCH3 is 1. The Balaban J connectivity index is 1.61. The molecule has 182 valence electrons. The second kappa shape index (κ2) is 8.90. The monoisotopic (exact) mass is 480 g/mol. The molecule has 2 saturated heterocycles. The van der Waals surface area contributed by atoms with Gasteiger partial charge in [0.15, 0.2) is 0 Å². The van der Waals surface area contributed by atoms with Crippen molar-refractivity contribution in [2.24, 2.45) is 0 Å². The van der Waals surface area contributed by atoms with E-state index in [1.807, 2.05) is 0 Å². The van der Waals surface area contributed by atoms with Gasteiger partial charge >= 0.3 is 12.3 Å². The van der Waals surface area contributed by atoms with Gasteiger partial charge in [0.05, 0.1) is 0 Å². The predicted molar refractivity (Wildman–Crippen MR) is 113 cm³/mol. The number of nitrogens with zero attached hydrogens (tertiary/aromatic N) is 1. The molecule has 2 aliphatic rings. The maximum atomic E-state index is 14.3. The molecule has 2 atom stereocenters. The SMILES string of the molecule is CO[C@@](C(=O)N1CCC2(CC1)OC(=O)NC[C@@H]2c1ccc(F)cc1)(c1ccccc1)C(F)(F)F. The first kappa shape index (κ1) is 24.0. The highest BCUT2D eigenvalue weighted by Gasteiger charge is 2.64. The largest absolute Gasteiger partial charge is 0.442 e. The van der Waals surface area contributed by atoms with Gasteiger partial charge in [0.25, 0.3) is 11.5 Å². The maximum Gasteiger partial charge on any atom is 0.430 e. The Bertz CT molecular complexity index is 1040. The van der Waals surface area contributed by atoms with E-state index in [-0.39, 0.29) is 44.0 Å². The van der Waals surface area contributed by atoms with E-state index in [1.54, 1.807) is 18.2 Å². The summed E-state index contributed by atoms with van der Waals surface area (Å²) in [6.45, 7) is 0.0860. The molecular formula is C24H24F4N2O4. The van der Waals surface area contributed by atoms with Crippen LogP contribution in [0.4, 0.5) is 22.4 Å². The average Bonchev–Trinajstić information content (AvgIpc) is 2.81. The number of carbonyl (C=O) groups excluding carboxylic acids is 2. The van der Waals surface area contributed by atoms with Gasteiger partial charge in [-0.3, -0.25) is 4.79 Å². The summed E-state index contributed by atoms with van der Waals surface area (Å²) in [6.07, 6.45) is -5.39. The van der Waals surface area contributed by atoms with Crippen molar-refractivity contribution < 1.29 is 36.6 Å². The third-order valence-corrected chi connectivity index (χ3v) is 6.74. The van der Waals surface area contributed by atoms with Gasteiger partial charge in [0, 0.05) is 51.1 Å². The zero-order valence-corrected chi connectivity index (χ0v) is 18.4. The summed E-state index contributed by atoms with van der Waals surface area (Å²) in [5, 5.41) is 2.62. The Morgan fingerprint density at radius 3 is 2.26 bits per heavy atom. The Morgan fingerprint density at radius 2 is 1.71 bits per heavy atom. The van der Waals surface area contributed by atoms with Gasteiger partial charge in [0.2, 0.25) is 0 Å². The quantitative estimate of drug-likeness (QED) is 0.669. The zero-order chi connectivity index (χ0) is 24.6. The number of hydrogen-bond acceptors (Lipinski definition) is 4. The lowest BCUT2D eigenvalue weighted by molar-refractivity contribution is -0.271. The topological polar surface area (TPSA) is 67.9 Å². The van der Waals surface area contributed by atoms with Gasteiger partial charge in [-0.25, -0.2) is 9.18 Å². The van der Waals surface area contributed by atoms with Crippen molar-refractivity contribution in [2.75, 3.05) is 26.7 Å². The summed E-state index contributed by atoms with van der Waals surface area (Å²) in [4.78, 5) is 26.5. The molecule has 2 aliphatic heterocycles. The van der Waals surface area contributed by atoms with Crippen LogP contribution in [0.25, 0.3) is 0 Å². The summed E-state index contributed by atoms with van der Waals surface area (Å²) in [5.74, 6) is -1.99. The van der Waals surface area contributed by atoms with Gasteiger partial charge in [-0.2, -0.15) is 13.2 Å². The Kier molecular flexibility index (Phi) is 6.28. The van der Waals surface area contributed by atoms with E-state index >= 15 is 0 Å². The van der Waals surface area contributed by atoms with Crippen LogP contribution in [0.5, 0.6) is 0 Å². The molecule has 2 heterocycles. The molecule has 4 rings (SSSR count). The minimum absolute atomic E-state index is 0.0716. The molecule has 2 aromatic rings. The molecule has 0 radical (unpaired) electrons. The lowest BCUT2D eigenvalue weighted by Gasteiger charge is -2.49. The zero-order valence-electron chi connectivity index (χ0n) is 18.4. The molecule has 34 heavy (non-hydrogen) atoms. The van der Waals surface area contributed by atoms with Crippen molar-refractivity contribution in [3.05, 3.63) is 71.5 Å². The van der Waals surface area contributed by atoms with Crippen molar-refractivity contribution in [3.8, 4) is 0 Å². The van der Waals surface area contributed by atoms with Crippen molar-refractivity contribution >= 4 is 12.0 Å². The standard InChI is InChI=1S/C24H24F4N2O4/c1-33-23(24(26,27)28,17-5-3-2-4-6-17)20(31)30-13-11-22(12-14-30)19(15-29-21(32)34-22)16-7-9-18(25)10-8-16/h2-10,19H,11-15H2,1H3,(H,29,32)/t19-,23-/m1/s1. The van der Waals surface area contributed by atoms with E-state index in [0.717, 1.165) is 17.6 Å². The fourth-order valence-electron chi connectivity index (χ4n) is 4.94. The van der Waals surface area contributed by atoms with Crippen molar-refractivity contribution in [2.45, 2.75) is 36.1 Å². The Hall–Kier alpha value is -3.14. The molecule has 2 fully saturated rings. The van der Waals surface area contributed by atoms with Crippen LogP contribution in [-0.4, -0.2) is 55.4 Å². The van der Waals surface area contributed by atoms with E-state index in [4.69, 9.17) is 9.47 Å². The average molecular weight is 480 g/mol. The fraction of sp³-hybridized carbons (Fsp3) is 0.417. The number of likely N-dealkylation sites (tertiary alicyclic amines) is 1. The smallest absolute Gasteiger partial charge is 0.430 e. The van der Waals surface area contributed by atoms with Gasteiger partial charge < -0.3 is 19.7 Å².